The molecule has 0 aliphatic heterocycles. The summed E-state index contributed by atoms with van der Waals surface area (Å²) in [6.07, 6.45) is 0.584. The molecule has 192 valence electrons. The first-order chi connectivity index (χ1) is 18.3. The van der Waals surface area contributed by atoms with Gasteiger partial charge in [0.05, 0.1) is 23.6 Å². The predicted molar refractivity (Wildman–Crippen MR) is 156 cm³/mol. The number of aromatic nitrogens is 1. The molecule has 5 nitrogen and oxygen atoms in total. The third kappa shape index (κ3) is 6.07. The average molecular weight is 522 g/mol. The monoisotopic (exact) mass is 521 g/mol. The number of thioether (sulfide) groups is 1. The van der Waals surface area contributed by atoms with Crippen LogP contribution in [0.2, 0.25) is 0 Å². The van der Waals surface area contributed by atoms with Crippen molar-refractivity contribution < 1.29 is 9.53 Å². The lowest BCUT2D eigenvalue weighted by atomic mass is 9.98. The minimum Gasteiger partial charge on any atom is -0.497 e. The Labute approximate surface area is 228 Å². The molecule has 38 heavy (non-hydrogen) atoms. The molecule has 0 bridgehead atoms. The average Bonchev–Trinajstić information content (AvgIpc) is 2.93. The van der Waals surface area contributed by atoms with Gasteiger partial charge in [-0.25, -0.2) is 4.98 Å². The van der Waals surface area contributed by atoms with Crippen LogP contribution in [-0.4, -0.2) is 23.3 Å². The summed E-state index contributed by atoms with van der Waals surface area (Å²) < 4.78 is 5.31. The molecule has 0 fully saturated rings. The number of pyridine rings is 1. The van der Waals surface area contributed by atoms with Gasteiger partial charge in [-0.15, -0.1) is 0 Å². The SMILES string of the molecule is CCC(Sc1nc(-c2ccc(OC)cc2)cc(-c2ccc(C)cc2)c1C#N)C(=O)Nc1ccc(C)cc1C. The molecule has 0 aliphatic rings. The number of nitrogens with one attached hydrogen (secondary N) is 1. The third-order valence-corrected chi connectivity index (χ3v) is 7.75. The molecule has 1 amide bonds. The Bertz CT molecular complexity index is 1490. The summed E-state index contributed by atoms with van der Waals surface area (Å²) in [7, 11) is 1.63. The number of nitriles is 1. The van der Waals surface area contributed by atoms with Crippen molar-refractivity contribution in [1.82, 2.24) is 4.98 Å². The molecule has 0 saturated carbocycles. The van der Waals surface area contributed by atoms with Gasteiger partial charge in [-0.05, 0) is 74.7 Å². The van der Waals surface area contributed by atoms with Crippen molar-refractivity contribution in [3.05, 3.63) is 95.1 Å². The minimum absolute atomic E-state index is 0.109. The number of aryl methyl sites for hydroxylation is 3. The zero-order valence-corrected chi connectivity index (χ0v) is 23.1. The molecule has 1 aromatic heterocycles. The standard InChI is InChI=1S/C32H31N3O2S/c1-6-30(31(36)34-28-16-9-21(3)17-22(28)4)38-32-27(19-33)26(23-10-7-20(2)8-11-23)18-29(35-32)24-12-14-25(37-5)15-13-24/h7-18,30H,6H2,1-5H3,(H,34,36). The first kappa shape index (κ1) is 27.0. The van der Waals surface area contributed by atoms with Crippen molar-refractivity contribution in [2.45, 2.75) is 44.4 Å². The number of benzene rings is 3. The van der Waals surface area contributed by atoms with Gasteiger partial charge in [0.1, 0.15) is 16.8 Å². The number of hydrogen-bond acceptors (Lipinski definition) is 5. The normalized spacial score (nSPS) is 11.5. The van der Waals surface area contributed by atoms with Crippen molar-refractivity contribution in [3.63, 3.8) is 0 Å². The number of hydrogen-bond donors (Lipinski definition) is 1. The first-order valence-electron chi connectivity index (χ1n) is 12.5. The zero-order chi connectivity index (χ0) is 27.2. The maximum Gasteiger partial charge on any atom is 0.237 e. The summed E-state index contributed by atoms with van der Waals surface area (Å²) in [5.41, 5.74) is 7.91. The fourth-order valence-corrected chi connectivity index (χ4v) is 5.24. The number of rotatable bonds is 8. The van der Waals surface area contributed by atoms with E-state index < -0.39 is 5.25 Å². The zero-order valence-electron chi connectivity index (χ0n) is 22.3. The van der Waals surface area contributed by atoms with Gasteiger partial charge < -0.3 is 10.1 Å². The van der Waals surface area contributed by atoms with Crippen LogP contribution < -0.4 is 10.1 Å². The number of nitrogens with zero attached hydrogens (tertiary/aromatic N) is 2. The molecular weight excluding hydrogens is 490 g/mol. The lowest BCUT2D eigenvalue weighted by Gasteiger charge is -2.18. The Hall–Kier alpha value is -4.08. The van der Waals surface area contributed by atoms with E-state index in [1.54, 1.807) is 7.11 Å². The van der Waals surface area contributed by atoms with Gasteiger partial charge in [0.25, 0.3) is 0 Å². The summed E-state index contributed by atoms with van der Waals surface area (Å²) in [5, 5.41) is 13.4. The molecule has 4 rings (SSSR count). The highest BCUT2D eigenvalue weighted by Crippen LogP contribution is 2.37. The molecule has 0 saturated heterocycles. The minimum atomic E-state index is -0.424. The Kier molecular flexibility index (Phi) is 8.50. The van der Waals surface area contributed by atoms with Gasteiger partial charge >= 0.3 is 0 Å². The molecule has 4 aromatic rings. The lowest BCUT2D eigenvalue weighted by Crippen LogP contribution is -2.25. The Morgan fingerprint density at radius 1 is 0.974 bits per heavy atom. The van der Waals surface area contributed by atoms with Crippen LogP contribution in [0.3, 0.4) is 0 Å². The van der Waals surface area contributed by atoms with Gasteiger partial charge in [0, 0.05) is 16.8 Å². The molecule has 0 spiro atoms. The van der Waals surface area contributed by atoms with E-state index in [0.717, 1.165) is 50.5 Å². The summed E-state index contributed by atoms with van der Waals surface area (Å²) in [4.78, 5) is 18.2. The summed E-state index contributed by atoms with van der Waals surface area (Å²) in [6, 6.07) is 26.1. The van der Waals surface area contributed by atoms with Crippen LogP contribution in [0.1, 0.15) is 35.6 Å². The molecular formula is C32H31N3O2S. The number of ether oxygens (including phenoxy) is 1. The van der Waals surface area contributed by atoms with E-state index >= 15 is 0 Å². The molecule has 3 aromatic carbocycles. The van der Waals surface area contributed by atoms with Crippen molar-refractivity contribution in [1.29, 1.82) is 5.26 Å². The Morgan fingerprint density at radius 2 is 1.63 bits per heavy atom. The second-order valence-corrected chi connectivity index (χ2v) is 10.5. The van der Waals surface area contributed by atoms with Crippen LogP contribution in [0.4, 0.5) is 5.69 Å². The number of anilines is 1. The van der Waals surface area contributed by atoms with E-state index in [0.29, 0.717) is 17.0 Å². The third-order valence-electron chi connectivity index (χ3n) is 6.40. The lowest BCUT2D eigenvalue weighted by molar-refractivity contribution is -0.115. The summed E-state index contributed by atoms with van der Waals surface area (Å²) >= 11 is 1.33. The van der Waals surface area contributed by atoms with E-state index in [1.807, 2.05) is 100 Å². The quantitative estimate of drug-likeness (QED) is 0.240. The van der Waals surface area contributed by atoms with Crippen molar-refractivity contribution >= 4 is 23.4 Å². The van der Waals surface area contributed by atoms with Gasteiger partial charge in [-0.3, -0.25) is 4.79 Å². The highest BCUT2D eigenvalue weighted by molar-refractivity contribution is 8.00. The maximum atomic E-state index is 13.3. The van der Waals surface area contributed by atoms with E-state index in [4.69, 9.17) is 9.72 Å². The van der Waals surface area contributed by atoms with Crippen molar-refractivity contribution in [3.8, 4) is 34.2 Å². The molecule has 1 unspecified atom stereocenters. The topological polar surface area (TPSA) is 75.0 Å². The number of amides is 1. The van der Waals surface area contributed by atoms with Crippen LogP contribution in [-0.2, 0) is 4.79 Å². The first-order valence-corrected chi connectivity index (χ1v) is 13.4. The summed E-state index contributed by atoms with van der Waals surface area (Å²) in [5.74, 6) is 0.645. The van der Waals surface area contributed by atoms with E-state index in [9.17, 15) is 10.1 Å². The van der Waals surface area contributed by atoms with Gasteiger partial charge in [0.15, 0.2) is 0 Å². The van der Waals surface area contributed by atoms with Crippen LogP contribution in [0, 0.1) is 32.1 Å². The van der Waals surface area contributed by atoms with Crippen molar-refractivity contribution in [2.24, 2.45) is 0 Å². The Morgan fingerprint density at radius 3 is 2.24 bits per heavy atom. The van der Waals surface area contributed by atoms with Crippen molar-refractivity contribution in [2.75, 3.05) is 12.4 Å². The van der Waals surface area contributed by atoms with Gasteiger partial charge in [0.2, 0.25) is 5.91 Å². The predicted octanol–water partition coefficient (Wildman–Crippen LogP) is 7.73. The largest absolute Gasteiger partial charge is 0.497 e. The molecule has 1 heterocycles. The fraction of sp³-hybridized carbons (Fsp3) is 0.219. The molecule has 0 radical (unpaired) electrons. The Balaban J connectivity index is 1.76. The van der Waals surface area contributed by atoms with Gasteiger partial charge in [-0.2, -0.15) is 5.26 Å². The molecule has 1 N–H and O–H groups in total. The van der Waals surface area contributed by atoms with E-state index in [2.05, 4.69) is 11.4 Å². The fourth-order valence-electron chi connectivity index (χ4n) is 4.21. The number of carbonyl (C=O) groups excluding carboxylic acids is 1. The van der Waals surface area contributed by atoms with E-state index in [1.165, 1.54) is 11.8 Å². The van der Waals surface area contributed by atoms with Crippen LogP contribution in [0.5, 0.6) is 5.75 Å². The summed E-state index contributed by atoms with van der Waals surface area (Å²) in [6.45, 7) is 8.02. The second kappa shape index (κ2) is 12.0. The van der Waals surface area contributed by atoms with E-state index in [-0.39, 0.29) is 5.91 Å². The highest BCUT2D eigenvalue weighted by atomic mass is 32.2. The second-order valence-electron chi connectivity index (χ2n) is 9.26. The highest BCUT2D eigenvalue weighted by Gasteiger charge is 2.24. The van der Waals surface area contributed by atoms with Crippen LogP contribution in [0.15, 0.2) is 77.8 Å². The molecule has 0 aliphatic carbocycles. The molecule has 6 heteroatoms. The number of methoxy groups -OCH3 is 1. The van der Waals surface area contributed by atoms with Crippen LogP contribution >= 0.6 is 11.8 Å². The maximum absolute atomic E-state index is 13.3. The molecule has 1 atom stereocenters. The smallest absolute Gasteiger partial charge is 0.237 e. The van der Waals surface area contributed by atoms with Crippen LogP contribution in [0.25, 0.3) is 22.4 Å². The van der Waals surface area contributed by atoms with Gasteiger partial charge in [-0.1, -0.05) is 66.2 Å². The number of carbonyl (C=O) groups is 1.